The van der Waals surface area contributed by atoms with Gasteiger partial charge in [-0.3, -0.25) is 0 Å². The summed E-state index contributed by atoms with van der Waals surface area (Å²) in [7, 11) is 2.04. The van der Waals surface area contributed by atoms with Crippen LogP contribution in [0, 0.1) is 11.8 Å². The molecule has 1 rings (SSSR count). The SMILES string of the molecule is CNCCC(C)CCC1CCNCC1. The van der Waals surface area contributed by atoms with Crippen LogP contribution in [0.25, 0.3) is 0 Å². The van der Waals surface area contributed by atoms with Crippen LogP contribution >= 0.6 is 0 Å². The molecule has 1 fully saturated rings. The van der Waals surface area contributed by atoms with Gasteiger partial charge in [0, 0.05) is 0 Å². The molecule has 14 heavy (non-hydrogen) atoms. The van der Waals surface area contributed by atoms with E-state index in [1.807, 2.05) is 7.05 Å². The zero-order valence-corrected chi connectivity index (χ0v) is 9.81. The molecule has 84 valence electrons. The van der Waals surface area contributed by atoms with Crippen LogP contribution in [0.5, 0.6) is 0 Å². The zero-order valence-electron chi connectivity index (χ0n) is 9.81. The molecule has 1 aliphatic rings. The molecule has 0 bridgehead atoms. The molecular weight excluding hydrogens is 172 g/mol. The van der Waals surface area contributed by atoms with Crippen LogP contribution < -0.4 is 10.6 Å². The molecular formula is C12H26N2. The van der Waals surface area contributed by atoms with Gasteiger partial charge in [-0.05, 0) is 57.8 Å². The van der Waals surface area contributed by atoms with E-state index in [-0.39, 0.29) is 0 Å². The van der Waals surface area contributed by atoms with Gasteiger partial charge in [-0.15, -0.1) is 0 Å². The van der Waals surface area contributed by atoms with Crippen molar-refractivity contribution in [2.75, 3.05) is 26.7 Å². The molecule has 0 saturated carbocycles. The summed E-state index contributed by atoms with van der Waals surface area (Å²) in [6.45, 7) is 6.05. The average Bonchev–Trinajstić information content (AvgIpc) is 2.25. The minimum absolute atomic E-state index is 0.900. The Kier molecular flexibility index (Phi) is 6.20. The second kappa shape index (κ2) is 7.24. The number of rotatable bonds is 6. The van der Waals surface area contributed by atoms with Gasteiger partial charge >= 0.3 is 0 Å². The maximum atomic E-state index is 3.43. The summed E-state index contributed by atoms with van der Waals surface area (Å²) >= 11 is 0. The van der Waals surface area contributed by atoms with E-state index in [1.54, 1.807) is 0 Å². The Morgan fingerprint density at radius 2 is 2.00 bits per heavy atom. The molecule has 2 heteroatoms. The summed E-state index contributed by atoms with van der Waals surface area (Å²) in [5.74, 6) is 1.91. The standard InChI is InChI=1S/C12H26N2/c1-11(5-8-13-2)3-4-12-6-9-14-10-7-12/h11-14H,3-10H2,1-2H3. The Balaban J connectivity index is 2.00. The molecule has 1 saturated heterocycles. The average molecular weight is 198 g/mol. The molecule has 0 radical (unpaired) electrons. The van der Waals surface area contributed by atoms with E-state index >= 15 is 0 Å². The predicted molar refractivity (Wildman–Crippen MR) is 62.5 cm³/mol. The first kappa shape index (κ1) is 12.0. The highest BCUT2D eigenvalue weighted by molar-refractivity contribution is 4.69. The van der Waals surface area contributed by atoms with Gasteiger partial charge in [0.05, 0.1) is 0 Å². The fraction of sp³-hybridized carbons (Fsp3) is 1.00. The second-order valence-electron chi connectivity index (χ2n) is 4.77. The largest absolute Gasteiger partial charge is 0.320 e. The van der Waals surface area contributed by atoms with Gasteiger partial charge in [0.1, 0.15) is 0 Å². The highest BCUT2D eigenvalue weighted by Gasteiger charge is 2.13. The highest BCUT2D eigenvalue weighted by atomic mass is 14.9. The highest BCUT2D eigenvalue weighted by Crippen LogP contribution is 2.21. The van der Waals surface area contributed by atoms with Crippen LogP contribution in [-0.2, 0) is 0 Å². The number of hydrogen-bond donors (Lipinski definition) is 2. The van der Waals surface area contributed by atoms with Crippen LogP contribution in [0.3, 0.4) is 0 Å². The first-order valence-corrected chi connectivity index (χ1v) is 6.18. The van der Waals surface area contributed by atoms with Gasteiger partial charge in [-0.25, -0.2) is 0 Å². The molecule has 0 spiro atoms. The van der Waals surface area contributed by atoms with Crippen molar-refractivity contribution in [3.63, 3.8) is 0 Å². The van der Waals surface area contributed by atoms with Crippen molar-refractivity contribution in [3.8, 4) is 0 Å². The topological polar surface area (TPSA) is 24.1 Å². The quantitative estimate of drug-likeness (QED) is 0.682. The van der Waals surface area contributed by atoms with E-state index in [1.165, 1.54) is 51.7 Å². The van der Waals surface area contributed by atoms with E-state index in [0.717, 1.165) is 11.8 Å². The summed E-state index contributed by atoms with van der Waals surface area (Å²) in [5.41, 5.74) is 0. The maximum absolute atomic E-state index is 3.43. The Bertz CT molecular complexity index is 130. The normalized spacial score (nSPS) is 21.0. The fourth-order valence-electron chi connectivity index (χ4n) is 2.23. The number of nitrogens with one attached hydrogen (secondary N) is 2. The van der Waals surface area contributed by atoms with E-state index in [2.05, 4.69) is 17.6 Å². The van der Waals surface area contributed by atoms with Gasteiger partial charge in [-0.1, -0.05) is 19.8 Å². The van der Waals surface area contributed by atoms with Crippen LogP contribution in [0.1, 0.15) is 39.0 Å². The summed E-state index contributed by atoms with van der Waals surface area (Å²) in [6.07, 6.45) is 7.01. The zero-order chi connectivity index (χ0) is 10.2. The Hall–Kier alpha value is -0.0800. The van der Waals surface area contributed by atoms with Crippen LogP contribution in [0.15, 0.2) is 0 Å². The lowest BCUT2D eigenvalue weighted by Gasteiger charge is -2.23. The van der Waals surface area contributed by atoms with Gasteiger partial charge in [0.2, 0.25) is 0 Å². The molecule has 2 N–H and O–H groups in total. The van der Waals surface area contributed by atoms with E-state index < -0.39 is 0 Å². The van der Waals surface area contributed by atoms with E-state index in [9.17, 15) is 0 Å². The Morgan fingerprint density at radius 1 is 1.29 bits per heavy atom. The van der Waals surface area contributed by atoms with Crippen molar-refractivity contribution in [1.82, 2.24) is 10.6 Å². The third-order valence-electron chi connectivity index (χ3n) is 3.41. The van der Waals surface area contributed by atoms with Crippen molar-refractivity contribution in [2.24, 2.45) is 11.8 Å². The van der Waals surface area contributed by atoms with Gasteiger partial charge in [0.15, 0.2) is 0 Å². The summed E-state index contributed by atoms with van der Waals surface area (Å²) in [5, 5.41) is 6.65. The molecule has 1 unspecified atom stereocenters. The van der Waals surface area contributed by atoms with Crippen molar-refractivity contribution >= 4 is 0 Å². The monoisotopic (exact) mass is 198 g/mol. The van der Waals surface area contributed by atoms with Crippen LogP contribution in [0.2, 0.25) is 0 Å². The predicted octanol–water partition coefficient (Wildman–Crippen LogP) is 2.01. The molecule has 0 aromatic rings. The fourth-order valence-corrected chi connectivity index (χ4v) is 2.23. The summed E-state index contributed by atoms with van der Waals surface area (Å²) in [6, 6.07) is 0. The second-order valence-corrected chi connectivity index (χ2v) is 4.77. The molecule has 0 aliphatic carbocycles. The molecule has 0 amide bonds. The van der Waals surface area contributed by atoms with Crippen molar-refractivity contribution < 1.29 is 0 Å². The van der Waals surface area contributed by atoms with Gasteiger partial charge in [-0.2, -0.15) is 0 Å². The first-order chi connectivity index (χ1) is 6.83. The number of hydrogen-bond acceptors (Lipinski definition) is 2. The summed E-state index contributed by atoms with van der Waals surface area (Å²) in [4.78, 5) is 0. The minimum atomic E-state index is 0.900. The van der Waals surface area contributed by atoms with Crippen molar-refractivity contribution in [1.29, 1.82) is 0 Å². The van der Waals surface area contributed by atoms with Crippen LogP contribution in [-0.4, -0.2) is 26.7 Å². The third-order valence-corrected chi connectivity index (χ3v) is 3.41. The number of piperidine rings is 1. The lowest BCUT2D eigenvalue weighted by Crippen LogP contribution is -2.27. The van der Waals surface area contributed by atoms with E-state index in [4.69, 9.17) is 0 Å². The minimum Gasteiger partial charge on any atom is -0.320 e. The van der Waals surface area contributed by atoms with Crippen molar-refractivity contribution in [3.05, 3.63) is 0 Å². The molecule has 1 atom stereocenters. The van der Waals surface area contributed by atoms with Gasteiger partial charge in [0.25, 0.3) is 0 Å². The van der Waals surface area contributed by atoms with Crippen molar-refractivity contribution in [2.45, 2.75) is 39.0 Å². The first-order valence-electron chi connectivity index (χ1n) is 6.18. The third kappa shape index (κ3) is 4.97. The lowest BCUT2D eigenvalue weighted by molar-refractivity contribution is 0.320. The summed E-state index contributed by atoms with van der Waals surface area (Å²) < 4.78 is 0. The maximum Gasteiger partial charge on any atom is -0.00463 e. The van der Waals surface area contributed by atoms with E-state index in [0.29, 0.717) is 0 Å². The smallest absolute Gasteiger partial charge is 0.00463 e. The molecule has 1 heterocycles. The Morgan fingerprint density at radius 3 is 2.64 bits per heavy atom. The molecule has 1 aliphatic heterocycles. The Labute approximate surface area is 88.8 Å². The molecule has 2 nitrogen and oxygen atoms in total. The molecule has 0 aromatic carbocycles. The van der Waals surface area contributed by atoms with Crippen LogP contribution in [0.4, 0.5) is 0 Å². The van der Waals surface area contributed by atoms with Gasteiger partial charge < -0.3 is 10.6 Å². The lowest BCUT2D eigenvalue weighted by atomic mass is 9.89. The molecule has 0 aromatic heterocycles.